The first kappa shape index (κ1) is 14.8. The average molecular weight is 298 g/mol. The van der Waals surface area contributed by atoms with Gasteiger partial charge in [-0.05, 0) is 42.5 Å². The summed E-state index contributed by atoms with van der Waals surface area (Å²) in [6, 6.07) is 7.31. The summed E-state index contributed by atoms with van der Waals surface area (Å²) in [4.78, 5) is 11.8. The zero-order chi connectivity index (χ0) is 15.6. The lowest BCUT2D eigenvalue weighted by molar-refractivity contribution is -0.137. The summed E-state index contributed by atoms with van der Waals surface area (Å²) < 4.78 is 50.7. The number of carbonyl (C=O) groups excluding carboxylic acids is 1. The van der Waals surface area contributed by atoms with E-state index in [1.807, 2.05) is 0 Å². The average Bonchev–Trinajstić information content (AvgIpc) is 2.41. The molecule has 0 aromatic heterocycles. The predicted molar refractivity (Wildman–Crippen MR) is 70.2 cm³/mol. The van der Waals surface area contributed by atoms with Crippen molar-refractivity contribution in [3.63, 3.8) is 0 Å². The van der Waals surface area contributed by atoms with Gasteiger partial charge < -0.3 is 11.1 Å². The Morgan fingerprint density at radius 3 is 2.19 bits per heavy atom. The van der Waals surface area contributed by atoms with E-state index in [1.165, 1.54) is 12.1 Å². The summed E-state index contributed by atoms with van der Waals surface area (Å²) in [5.41, 5.74) is 4.58. The van der Waals surface area contributed by atoms with Gasteiger partial charge in [0, 0.05) is 11.3 Å². The number of hydrogen-bond donors (Lipinski definition) is 2. The molecule has 0 atom stereocenters. The normalized spacial score (nSPS) is 11.2. The molecule has 0 bridgehead atoms. The van der Waals surface area contributed by atoms with E-state index in [0.717, 1.165) is 30.3 Å². The van der Waals surface area contributed by atoms with Gasteiger partial charge in [0.25, 0.3) is 5.91 Å². The zero-order valence-electron chi connectivity index (χ0n) is 10.5. The third-order valence-electron chi connectivity index (χ3n) is 2.72. The number of nitrogen functional groups attached to an aromatic ring is 1. The van der Waals surface area contributed by atoms with Crippen molar-refractivity contribution in [2.24, 2.45) is 0 Å². The Morgan fingerprint density at radius 1 is 1.05 bits per heavy atom. The van der Waals surface area contributed by atoms with Crippen molar-refractivity contribution in [1.29, 1.82) is 0 Å². The van der Waals surface area contributed by atoms with Crippen molar-refractivity contribution in [2.75, 3.05) is 11.1 Å². The smallest absolute Gasteiger partial charge is 0.399 e. The van der Waals surface area contributed by atoms with Gasteiger partial charge in [0.05, 0.1) is 11.3 Å². The van der Waals surface area contributed by atoms with Crippen LogP contribution in [0.1, 0.15) is 15.9 Å². The molecule has 0 saturated carbocycles. The second-order valence-electron chi connectivity index (χ2n) is 4.27. The lowest BCUT2D eigenvalue weighted by atomic mass is 10.1. The van der Waals surface area contributed by atoms with Crippen LogP contribution in [0.3, 0.4) is 0 Å². The molecule has 0 saturated heterocycles. The Hall–Kier alpha value is -2.57. The molecular weight excluding hydrogens is 288 g/mol. The van der Waals surface area contributed by atoms with Crippen LogP contribution in [0.25, 0.3) is 0 Å². The number of amides is 1. The van der Waals surface area contributed by atoms with Crippen LogP contribution in [0.4, 0.5) is 28.9 Å². The van der Waals surface area contributed by atoms with Crippen LogP contribution in [-0.4, -0.2) is 5.91 Å². The van der Waals surface area contributed by atoms with Crippen LogP contribution in [0.2, 0.25) is 0 Å². The van der Waals surface area contributed by atoms with Crippen LogP contribution in [-0.2, 0) is 6.18 Å². The molecule has 1 amide bonds. The van der Waals surface area contributed by atoms with Gasteiger partial charge in [0.1, 0.15) is 5.82 Å². The molecule has 110 valence electrons. The topological polar surface area (TPSA) is 55.1 Å². The van der Waals surface area contributed by atoms with Crippen LogP contribution < -0.4 is 11.1 Å². The van der Waals surface area contributed by atoms with Crippen molar-refractivity contribution >= 4 is 17.3 Å². The van der Waals surface area contributed by atoms with Gasteiger partial charge in [-0.3, -0.25) is 4.79 Å². The molecular formula is C14H10F4N2O. The number of nitrogens with one attached hydrogen (secondary N) is 1. The van der Waals surface area contributed by atoms with Gasteiger partial charge >= 0.3 is 6.18 Å². The summed E-state index contributed by atoms with van der Waals surface area (Å²) in [7, 11) is 0. The fraction of sp³-hybridized carbons (Fsp3) is 0.0714. The minimum Gasteiger partial charge on any atom is -0.399 e. The quantitative estimate of drug-likeness (QED) is 0.656. The molecule has 0 heterocycles. The minimum atomic E-state index is -4.47. The van der Waals surface area contributed by atoms with E-state index in [1.54, 1.807) is 0 Å². The standard InChI is InChI=1S/C14H10F4N2O/c15-11-7-10(19)5-6-12(11)20-13(21)8-1-3-9(4-2-8)14(16,17)18/h1-7H,19H2,(H,20,21). The molecule has 3 N–H and O–H groups in total. The first-order chi connectivity index (χ1) is 9.77. The molecule has 2 aromatic carbocycles. The minimum absolute atomic E-state index is 0.0146. The summed E-state index contributed by atoms with van der Waals surface area (Å²) in [5, 5.41) is 2.26. The molecule has 0 aliphatic rings. The second kappa shape index (κ2) is 5.43. The van der Waals surface area contributed by atoms with Gasteiger partial charge in [-0.25, -0.2) is 4.39 Å². The van der Waals surface area contributed by atoms with E-state index >= 15 is 0 Å². The third kappa shape index (κ3) is 3.50. The van der Waals surface area contributed by atoms with Crippen LogP contribution in [0, 0.1) is 5.82 Å². The van der Waals surface area contributed by atoms with Crippen LogP contribution >= 0.6 is 0 Å². The molecule has 0 aliphatic carbocycles. The fourth-order valence-electron chi connectivity index (χ4n) is 1.64. The van der Waals surface area contributed by atoms with Crippen LogP contribution in [0.15, 0.2) is 42.5 Å². The molecule has 21 heavy (non-hydrogen) atoms. The Labute approximate surface area is 117 Å². The molecule has 0 spiro atoms. The number of benzene rings is 2. The van der Waals surface area contributed by atoms with E-state index in [4.69, 9.17) is 5.73 Å². The molecule has 0 aliphatic heterocycles. The summed E-state index contributed by atoms with van der Waals surface area (Å²) in [6.45, 7) is 0. The summed E-state index contributed by atoms with van der Waals surface area (Å²) in [5.74, 6) is -1.44. The number of nitrogens with two attached hydrogens (primary N) is 1. The predicted octanol–water partition coefficient (Wildman–Crippen LogP) is 3.68. The maximum atomic E-state index is 13.5. The molecule has 0 fully saturated rings. The fourth-order valence-corrected chi connectivity index (χ4v) is 1.64. The van der Waals surface area contributed by atoms with E-state index in [2.05, 4.69) is 5.32 Å². The lowest BCUT2D eigenvalue weighted by Gasteiger charge is -2.09. The van der Waals surface area contributed by atoms with E-state index in [0.29, 0.717) is 0 Å². The highest BCUT2D eigenvalue weighted by atomic mass is 19.4. The van der Waals surface area contributed by atoms with Crippen molar-refractivity contribution < 1.29 is 22.4 Å². The molecule has 0 unspecified atom stereocenters. The van der Waals surface area contributed by atoms with Crippen molar-refractivity contribution in [3.05, 3.63) is 59.4 Å². The van der Waals surface area contributed by atoms with Gasteiger partial charge in [0.15, 0.2) is 0 Å². The molecule has 3 nitrogen and oxygen atoms in total. The molecule has 2 aromatic rings. The maximum absolute atomic E-state index is 13.5. The first-order valence-electron chi connectivity index (χ1n) is 5.81. The van der Waals surface area contributed by atoms with Crippen molar-refractivity contribution in [1.82, 2.24) is 0 Å². The lowest BCUT2D eigenvalue weighted by Crippen LogP contribution is -2.14. The van der Waals surface area contributed by atoms with E-state index in [-0.39, 0.29) is 16.9 Å². The highest BCUT2D eigenvalue weighted by Gasteiger charge is 2.30. The number of carbonyl (C=O) groups is 1. The number of anilines is 2. The first-order valence-corrected chi connectivity index (χ1v) is 5.81. The van der Waals surface area contributed by atoms with Crippen molar-refractivity contribution in [3.8, 4) is 0 Å². The number of halogens is 4. The Balaban J connectivity index is 2.17. The molecule has 0 radical (unpaired) electrons. The maximum Gasteiger partial charge on any atom is 0.416 e. The largest absolute Gasteiger partial charge is 0.416 e. The number of hydrogen-bond acceptors (Lipinski definition) is 2. The third-order valence-corrected chi connectivity index (χ3v) is 2.72. The zero-order valence-corrected chi connectivity index (χ0v) is 10.5. The monoisotopic (exact) mass is 298 g/mol. The highest BCUT2D eigenvalue weighted by Crippen LogP contribution is 2.29. The summed E-state index contributed by atoms with van der Waals surface area (Å²) in [6.07, 6.45) is -4.47. The van der Waals surface area contributed by atoms with E-state index in [9.17, 15) is 22.4 Å². The SMILES string of the molecule is Nc1ccc(NC(=O)c2ccc(C(F)(F)F)cc2)c(F)c1. The molecule has 7 heteroatoms. The van der Waals surface area contributed by atoms with Gasteiger partial charge in [-0.15, -0.1) is 0 Å². The number of rotatable bonds is 2. The van der Waals surface area contributed by atoms with Crippen molar-refractivity contribution in [2.45, 2.75) is 6.18 Å². The number of alkyl halides is 3. The second-order valence-corrected chi connectivity index (χ2v) is 4.27. The van der Waals surface area contributed by atoms with E-state index < -0.39 is 23.5 Å². The Morgan fingerprint density at radius 2 is 1.67 bits per heavy atom. The van der Waals surface area contributed by atoms with Gasteiger partial charge in [0.2, 0.25) is 0 Å². The van der Waals surface area contributed by atoms with Gasteiger partial charge in [-0.2, -0.15) is 13.2 Å². The van der Waals surface area contributed by atoms with Crippen LogP contribution in [0.5, 0.6) is 0 Å². The molecule has 2 rings (SSSR count). The Kier molecular flexibility index (Phi) is 3.84. The summed E-state index contributed by atoms with van der Waals surface area (Å²) >= 11 is 0. The highest BCUT2D eigenvalue weighted by molar-refractivity contribution is 6.04. The Bertz CT molecular complexity index is 666. The van der Waals surface area contributed by atoms with Gasteiger partial charge in [-0.1, -0.05) is 0 Å².